The first kappa shape index (κ1) is 86.5. The van der Waals surface area contributed by atoms with E-state index in [4.69, 9.17) is 0 Å². The summed E-state index contributed by atoms with van der Waals surface area (Å²) in [5.74, 6) is 0. The lowest BCUT2D eigenvalue weighted by atomic mass is 9.92. The first-order valence-corrected chi connectivity index (χ1v) is 53.4. The minimum Gasteiger partial charge on any atom is -0.264 e. The zero-order valence-corrected chi connectivity index (χ0v) is 83.2. The fraction of sp³-hybridized carbons (Fsp3) is 0. The van der Waals surface area contributed by atoms with Gasteiger partial charge in [0.15, 0.2) is 0 Å². The number of nitrogens with zero attached hydrogens (tertiary/aromatic N) is 4. The number of rotatable bonds is 8. The maximum Gasteiger partial charge on any atom is 0.0433 e. The van der Waals surface area contributed by atoms with E-state index >= 15 is 0 Å². The van der Waals surface area contributed by atoms with E-state index in [1.807, 2.05) is 94.9 Å². The van der Waals surface area contributed by atoms with Crippen LogP contribution < -0.4 is 0 Å². The molecule has 8 aromatic heterocycles. The Morgan fingerprint density at radius 3 is 0.541 bits per heavy atom. The summed E-state index contributed by atoms with van der Waals surface area (Å²) in [6, 6.07) is 168. The number of pyridine rings is 4. The molecule has 0 aliphatic rings. The summed E-state index contributed by atoms with van der Waals surface area (Å²) in [5.41, 5.74) is 20.0. The van der Waals surface area contributed by atoms with Crippen molar-refractivity contribution in [2.24, 2.45) is 0 Å². The summed E-state index contributed by atoms with van der Waals surface area (Å²) in [6.07, 6.45) is 15.6. The predicted molar refractivity (Wildman–Crippen MR) is 642 cm³/mol. The molecule has 4 nitrogen and oxygen atoms in total. The molecule has 0 aliphatic heterocycles. The Labute approximate surface area is 867 Å². The van der Waals surface area contributed by atoms with Gasteiger partial charge in [-0.1, -0.05) is 364 Å². The molecule has 0 N–H and O–H groups in total. The van der Waals surface area contributed by atoms with E-state index in [0.717, 1.165) is 0 Å². The Morgan fingerprint density at radius 1 is 0.108 bits per heavy atom. The van der Waals surface area contributed by atoms with Crippen LogP contribution in [-0.4, -0.2) is 19.9 Å². The lowest BCUT2D eigenvalue weighted by Crippen LogP contribution is -1.86. The highest BCUT2D eigenvalue weighted by Gasteiger charge is 2.22. The van der Waals surface area contributed by atoms with Crippen LogP contribution >= 0.6 is 45.3 Å². The zero-order valence-electron chi connectivity index (χ0n) is 79.9. The van der Waals surface area contributed by atoms with Gasteiger partial charge in [0.25, 0.3) is 0 Å². The third-order valence-electron chi connectivity index (χ3n) is 30.2. The van der Waals surface area contributed by atoms with Crippen LogP contribution in [0.25, 0.3) is 299 Å². The van der Waals surface area contributed by atoms with Crippen LogP contribution in [0.15, 0.2) is 511 Å². The van der Waals surface area contributed by atoms with Gasteiger partial charge in [0.1, 0.15) is 0 Å². The summed E-state index contributed by atoms with van der Waals surface area (Å²) in [6.45, 7) is 0. The van der Waals surface area contributed by atoms with Crippen LogP contribution in [0.1, 0.15) is 0 Å². The van der Waals surface area contributed by atoms with Crippen molar-refractivity contribution in [3.05, 3.63) is 511 Å². The van der Waals surface area contributed by atoms with Crippen molar-refractivity contribution in [1.29, 1.82) is 0 Å². The molecule has 32 aromatic rings. The molecule has 0 amide bonds. The molecule has 8 heterocycles. The van der Waals surface area contributed by atoms with Crippen LogP contribution in [0.5, 0.6) is 0 Å². The molecule has 8 heteroatoms. The molecule has 0 aliphatic carbocycles. The fourth-order valence-corrected chi connectivity index (χ4v) is 28.2. The lowest BCUT2D eigenvalue weighted by Gasteiger charge is -2.12. The molecule has 0 unspecified atom stereocenters. The molecular formula is C140H84N4S4. The van der Waals surface area contributed by atoms with Crippen LogP contribution in [0, 0.1) is 0 Å². The van der Waals surface area contributed by atoms with Crippen LogP contribution in [0.4, 0.5) is 0 Å². The van der Waals surface area contributed by atoms with E-state index in [1.54, 1.807) is 0 Å². The normalized spacial score (nSPS) is 11.8. The number of thiophene rings is 4. The Kier molecular flexibility index (Phi) is 21.1. The van der Waals surface area contributed by atoms with E-state index in [-0.39, 0.29) is 0 Å². The summed E-state index contributed by atoms with van der Waals surface area (Å²) >= 11 is 7.53. The zero-order chi connectivity index (χ0) is 97.4. The van der Waals surface area contributed by atoms with Gasteiger partial charge in [-0.2, -0.15) is 0 Å². The van der Waals surface area contributed by atoms with Crippen molar-refractivity contribution >= 4 is 255 Å². The summed E-state index contributed by atoms with van der Waals surface area (Å²) in [7, 11) is 0. The van der Waals surface area contributed by atoms with Gasteiger partial charge in [0.05, 0.1) is 0 Å². The first-order chi connectivity index (χ1) is 73.4. The second-order valence-electron chi connectivity index (χ2n) is 38.4. The van der Waals surface area contributed by atoms with Gasteiger partial charge in [-0.15, -0.1) is 45.3 Å². The molecule has 0 saturated carbocycles. The second kappa shape index (κ2) is 36.0. The number of hydrogen-bond donors (Lipinski definition) is 0. The first-order valence-electron chi connectivity index (χ1n) is 50.2. The maximum atomic E-state index is 4.47. The highest BCUT2D eigenvalue weighted by molar-refractivity contribution is 7.27. The van der Waals surface area contributed by atoms with Crippen molar-refractivity contribution in [2.75, 3.05) is 0 Å². The van der Waals surface area contributed by atoms with Gasteiger partial charge < -0.3 is 0 Å². The molecule has 0 radical (unpaired) electrons. The highest BCUT2D eigenvalue weighted by Crippen LogP contribution is 2.50. The average Bonchev–Trinajstić information content (AvgIpc) is 1.65. The largest absolute Gasteiger partial charge is 0.264 e. The minimum absolute atomic E-state index is 1.20. The van der Waals surface area contributed by atoms with Gasteiger partial charge in [0.2, 0.25) is 0 Å². The van der Waals surface area contributed by atoms with E-state index < -0.39 is 0 Å². The SMILES string of the molecule is c1cc(-c2ccc3c4ccccc4c4ccncc4c3c2)cc(-c2cccc3c2sc2ccccc23)c1.c1cc(-c2ccc3c4ccccc4c4cnccc4c3c2)cc(-c2cccc3c2sc2ccccc23)c1.c1cc(-c2ccc3c4ccncc4c4ccccc4c3c2)cc(-c2cccc3c2sc2ccccc23)c1.c1cc(-c2ccc3c4cnccc4c4ccccc4c3c2)cc(-c2cccc3c2sc2ccccc23)c1. The third-order valence-corrected chi connectivity index (χ3v) is 35.1. The van der Waals surface area contributed by atoms with Crippen molar-refractivity contribution in [2.45, 2.75) is 0 Å². The Balaban J connectivity index is 0.0000000930. The molecular weight excluding hydrogens is 1870 g/mol. The van der Waals surface area contributed by atoms with Gasteiger partial charge in [-0.05, 0) is 294 Å². The molecule has 24 aromatic carbocycles. The molecule has 0 fully saturated rings. The second-order valence-corrected chi connectivity index (χ2v) is 42.6. The average molecular weight is 1950 g/mol. The molecule has 0 spiro atoms. The quantitative estimate of drug-likeness (QED) is 0.142. The maximum absolute atomic E-state index is 4.47. The third kappa shape index (κ3) is 14.7. The predicted octanol–water partition coefficient (Wildman–Crippen LogP) is 41.0. The Bertz CT molecular complexity index is 9710. The smallest absolute Gasteiger partial charge is 0.0433 e. The van der Waals surface area contributed by atoms with E-state index in [1.165, 1.54) is 299 Å². The molecule has 0 saturated heterocycles. The fourth-order valence-electron chi connectivity index (χ4n) is 23.3. The summed E-state index contributed by atoms with van der Waals surface area (Å²) < 4.78 is 10.8. The molecule has 688 valence electrons. The van der Waals surface area contributed by atoms with Crippen LogP contribution in [0.2, 0.25) is 0 Å². The highest BCUT2D eigenvalue weighted by atomic mass is 32.1. The van der Waals surface area contributed by atoms with Crippen molar-refractivity contribution in [1.82, 2.24) is 19.9 Å². The topological polar surface area (TPSA) is 51.6 Å². The van der Waals surface area contributed by atoms with E-state index in [9.17, 15) is 0 Å². The van der Waals surface area contributed by atoms with Crippen LogP contribution in [-0.2, 0) is 0 Å². The van der Waals surface area contributed by atoms with E-state index in [2.05, 4.69) is 481 Å². The number of aromatic nitrogens is 4. The summed E-state index contributed by atoms with van der Waals surface area (Å²) in [5, 5.41) is 40.8. The van der Waals surface area contributed by atoms with Gasteiger partial charge in [-0.25, -0.2) is 0 Å². The Hall–Kier alpha value is -18.1. The number of hydrogen-bond acceptors (Lipinski definition) is 8. The summed E-state index contributed by atoms with van der Waals surface area (Å²) in [4.78, 5) is 17.8. The van der Waals surface area contributed by atoms with Crippen LogP contribution in [0.3, 0.4) is 0 Å². The van der Waals surface area contributed by atoms with Crippen molar-refractivity contribution < 1.29 is 0 Å². The van der Waals surface area contributed by atoms with E-state index in [0.29, 0.717) is 0 Å². The Morgan fingerprint density at radius 2 is 0.277 bits per heavy atom. The molecule has 148 heavy (non-hydrogen) atoms. The number of benzene rings is 24. The minimum atomic E-state index is 1.20. The molecule has 0 atom stereocenters. The van der Waals surface area contributed by atoms with Gasteiger partial charge in [0, 0.05) is 152 Å². The molecule has 0 bridgehead atoms. The standard InChI is InChI=1S/4C35H21NS/c1-2-10-27-26(9-1)32-20-23(15-16-28(32)29-17-18-36-21-33(27)29)22-7-5-8-24(19-22)25-12-6-13-31-30-11-3-4-14-34(30)37-35(25)31;1-2-10-27-26(9-1)29-17-18-36-21-33(29)28-16-15-23(20-32(27)28)22-7-5-8-24(19-22)25-12-6-13-31-30-11-3-4-14-34(30)37-35(25)31;1-2-10-27-26(9-1)28-16-15-23(20-32(28)29-17-18-36-21-33(27)29)22-7-5-8-24(19-22)25-12-6-13-31-30-11-3-4-14-34(30)37-35(25)31;1-2-10-27-26(9-1)28-16-15-23(20-32(28)33-21-36-18-17-29(27)33)22-7-5-8-24(19-22)25-12-6-13-31-30-11-3-4-14-34(30)37-35(25)31/h4*1-21H. The monoisotopic (exact) mass is 1950 g/mol. The number of fused-ring (bicyclic) bond motifs is 36. The van der Waals surface area contributed by atoms with Gasteiger partial charge >= 0.3 is 0 Å². The lowest BCUT2D eigenvalue weighted by molar-refractivity contribution is 1.37. The van der Waals surface area contributed by atoms with Crippen molar-refractivity contribution in [3.63, 3.8) is 0 Å². The van der Waals surface area contributed by atoms with Gasteiger partial charge in [-0.3, -0.25) is 19.9 Å². The molecule has 32 rings (SSSR count). The van der Waals surface area contributed by atoms with Crippen molar-refractivity contribution in [3.8, 4) is 89.0 Å².